The lowest BCUT2D eigenvalue weighted by Crippen LogP contribution is -2.19. The highest BCUT2D eigenvalue weighted by Crippen LogP contribution is 2.23. The topological polar surface area (TPSA) is 114 Å². The van der Waals surface area contributed by atoms with E-state index >= 15 is 0 Å². The van der Waals surface area contributed by atoms with Crippen molar-refractivity contribution in [3.8, 4) is 0 Å². The van der Waals surface area contributed by atoms with E-state index in [4.69, 9.17) is 5.73 Å². The zero-order valence-electron chi connectivity index (χ0n) is 15.6. The predicted octanol–water partition coefficient (Wildman–Crippen LogP) is 3.29. The molecule has 0 saturated heterocycles. The fraction of sp³-hybridized carbons (Fsp3) is 0.100. The molecule has 0 fully saturated rings. The highest BCUT2D eigenvalue weighted by Gasteiger charge is 2.13. The van der Waals surface area contributed by atoms with Gasteiger partial charge in [0.15, 0.2) is 4.34 Å². The van der Waals surface area contributed by atoms with Gasteiger partial charge >= 0.3 is 0 Å². The maximum Gasteiger partial charge on any atom is 0.250 e. The first-order valence-corrected chi connectivity index (χ1v) is 10.6. The van der Waals surface area contributed by atoms with Crippen LogP contribution in [-0.4, -0.2) is 28.5 Å². The summed E-state index contributed by atoms with van der Waals surface area (Å²) in [5.41, 5.74) is 6.94. The van der Waals surface area contributed by atoms with Crippen LogP contribution < -0.4 is 16.4 Å². The minimum Gasteiger partial charge on any atom is -0.366 e. The number of rotatable bonds is 8. The average molecular weight is 445 g/mol. The van der Waals surface area contributed by atoms with Gasteiger partial charge in [-0.3, -0.25) is 14.4 Å². The van der Waals surface area contributed by atoms with E-state index in [1.807, 2.05) is 0 Å². The molecule has 0 aliphatic heterocycles. The van der Waals surface area contributed by atoms with Gasteiger partial charge in [0.25, 0.3) is 5.91 Å². The van der Waals surface area contributed by atoms with Gasteiger partial charge in [-0.2, -0.15) is 0 Å². The van der Waals surface area contributed by atoms with Gasteiger partial charge in [0.05, 0.1) is 29.1 Å². The molecule has 0 bridgehead atoms. The normalized spacial score (nSPS) is 10.4. The third-order valence-corrected chi connectivity index (χ3v) is 5.86. The van der Waals surface area contributed by atoms with Gasteiger partial charge in [-0.05, 0) is 36.4 Å². The fourth-order valence-corrected chi connectivity index (χ4v) is 4.10. The molecular weight excluding hydrogens is 427 g/mol. The monoisotopic (exact) mass is 444 g/mol. The number of anilines is 2. The molecule has 1 aromatic heterocycles. The molecule has 0 radical (unpaired) electrons. The molecule has 0 saturated carbocycles. The van der Waals surface area contributed by atoms with E-state index in [9.17, 15) is 18.8 Å². The van der Waals surface area contributed by atoms with Crippen molar-refractivity contribution in [2.24, 2.45) is 5.73 Å². The zero-order chi connectivity index (χ0) is 21.5. The Kier molecular flexibility index (Phi) is 7.15. The molecular formula is C20H17FN4O3S2. The summed E-state index contributed by atoms with van der Waals surface area (Å²) in [4.78, 5) is 40.0. The lowest BCUT2D eigenvalue weighted by molar-refractivity contribution is -0.116. The van der Waals surface area contributed by atoms with Crippen molar-refractivity contribution in [2.45, 2.75) is 10.8 Å². The number of primary amides is 1. The fourth-order valence-electron chi connectivity index (χ4n) is 2.46. The van der Waals surface area contributed by atoms with Gasteiger partial charge < -0.3 is 16.4 Å². The number of nitrogens with two attached hydrogens (primary N) is 1. The molecule has 7 nitrogen and oxygen atoms in total. The third kappa shape index (κ3) is 6.13. The number of halogens is 1. The van der Waals surface area contributed by atoms with Crippen LogP contribution in [0.5, 0.6) is 0 Å². The summed E-state index contributed by atoms with van der Waals surface area (Å²) >= 11 is 2.56. The second-order valence-corrected chi connectivity index (χ2v) is 8.16. The van der Waals surface area contributed by atoms with Crippen molar-refractivity contribution in [3.05, 3.63) is 71.0 Å². The number of carbonyl (C=O) groups is 3. The van der Waals surface area contributed by atoms with Crippen LogP contribution in [0.3, 0.4) is 0 Å². The van der Waals surface area contributed by atoms with Crippen molar-refractivity contribution < 1.29 is 18.8 Å². The van der Waals surface area contributed by atoms with E-state index in [0.717, 1.165) is 0 Å². The Morgan fingerprint density at radius 2 is 1.77 bits per heavy atom. The summed E-state index contributed by atoms with van der Waals surface area (Å²) in [5, 5.41) is 7.06. The van der Waals surface area contributed by atoms with Gasteiger partial charge in [-0.25, -0.2) is 9.37 Å². The molecule has 2 aromatic carbocycles. The largest absolute Gasteiger partial charge is 0.366 e. The zero-order valence-corrected chi connectivity index (χ0v) is 17.2. The highest BCUT2D eigenvalue weighted by molar-refractivity contribution is 8.01. The van der Waals surface area contributed by atoms with Crippen molar-refractivity contribution in [1.82, 2.24) is 4.98 Å². The summed E-state index contributed by atoms with van der Waals surface area (Å²) in [6.45, 7) is 0. The lowest BCUT2D eigenvalue weighted by atomic mass is 10.1. The Bertz CT molecular complexity index is 1070. The number of hydrogen-bond donors (Lipinski definition) is 3. The molecule has 0 aliphatic rings. The van der Waals surface area contributed by atoms with E-state index in [-0.39, 0.29) is 35.4 Å². The van der Waals surface area contributed by atoms with E-state index in [1.165, 1.54) is 53.4 Å². The van der Waals surface area contributed by atoms with E-state index < -0.39 is 5.91 Å². The lowest BCUT2D eigenvalue weighted by Gasteiger charge is -2.07. The number of thioether (sulfide) groups is 1. The Morgan fingerprint density at radius 1 is 1.03 bits per heavy atom. The number of aromatic nitrogens is 1. The summed E-state index contributed by atoms with van der Waals surface area (Å²) in [6, 6.07) is 12.0. The minimum atomic E-state index is -0.628. The van der Waals surface area contributed by atoms with Crippen molar-refractivity contribution in [3.63, 3.8) is 0 Å². The van der Waals surface area contributed by atoms with Crippen LogP contribution in [-0.2, 0) is 16.0 Å². The molecule has 154 valence electrons. The van der Waals surface area contributed by atoms with Crippen LogP contribution in [0.4, 0.5) is 15.8 Å². The molecule has 0 aliphatic carbocycles. The number of para-hydroxylation sites is 1. The van der Waals surface area contributed by atoms with Crippen molar-refractivity contribution in [1.29, 1.82) is 0 Å². The SMILES string of the molecule is NC(=O)c1ccccc1NC(=O)Cc1csc(SCC(=O)Nc2ccc(F)cc2)n1. The van der Waals surface area contributed by atoms with Crippen molar-refractivity contribution in [2.75, 3.05) is 16.4 Å². The summed E-state index contributed by atoms with van der Waals surface area (Å²) in [6.07, 6.45) is 0.0198. The first kappa shape index (κ1) is 21.5. The number of nitrogens with one attached hydrogen (secondary N) is 2. The van der Waals surface area contributed by atoms with Crippen LogP contribution in [0.25, 0.3) is 0 Å². The van der Waals surface area contributed by atoms with Crippen LogP contribution >= 0.6 is 23.1 Å². The molecule has 4 N–H and O–H groups in total. The predicted molar refractivity (Wildman–Crippen MR) is 115 cm³/mol. The summed E-state index contributed by atoms with van der Waals surface area (Å²) in [5.74, 6) is -1.46. The molecule has 30 heavy (non-hydrogen) atoms. The van der Waals surface area contributed by atoms with Crippen LogP contribution in [0, 0.1) is 5.82 Å². The first-order chi connectivity index (χ1) is 14.4. The average Bonchev–Trinajstić information content (AvgIpc) is 3.15. The van der Waals surface area contributed by atoms with Crippen LogP contribution in [0.2, 0.25) is 0 Å². The number of carbonyl (C=O) groups excluding carboxylic acids is 3. The van der Waals surface area contributed by atoms with Gasteiger partial charge in [-0.1, -0.05) is 23.9 Å². The number of amides is 3. The number of thiazole rings is 1. The number of benzene rings is 2. The number of nitrogens with zero attached hydrogens (tertiary/aromatic N) is 1. The van der Waals surface area contributed by atoms with Gasteiger partial charge in [-0.15, -0.1) is 11.3 Å². The molecule has 0 atom stereocenters. The quantitative estimate of drug-likeness (QED) is 0.461. The molecule has 3 rings (SSSR count). The number of hydrogen-bond acceptors (Lipinski definition) is 6. The van der Waals surface area contributed by atoms with Gasteiger partial charge in [0.1, 0.15) is 5.82 Å². The smallest absolute Gasteiger partial charge is 0.250 e. The Hall–Kier alpha value is -3.24. The van der Waals surface area contributed by atoms with Gasteiger partial charge in [0.2, 0.25) is 11.8 Å². The second-order valence-electron chi connectivity index (χ2n) is 6.08. The third-order valence-electron chi connectivity index (χ3n) is 3.79. The van der Waals surface area contributed by atoms with Crippen LogP contribution in [0.15, 0.2) is 58.3 Å². The van der Waals surface area contributed by atoms with Gasteiger partial charge in [0, 0.05) is 11.1 Å². The Balaban J connectivity index is 1.50. The second kappa shape index (κ2) is 9.99. The summed E-state index contributed by atoms with van der Waals surface area (Å²) < 4.78 is 13.5. The molecule has 3 aromatic rings. The molecule has 10 heteroatoms. The van der Waals surface area contributed by atoms with E-state index in [2.05, 4.69) is 15.6 Å². The Morgan fingerprint density at radius 3 is 2.50 bits per heavy atom. The maximum absolute atomic E-state index is 12.9. The Labute approximate surface area is 179 Å². The molecule has 0 unspecified atom stereocenters. The minimum absolute atomic E-state index is 0.0198. The first-order valence-electron chi connectivity index (χ1n) is 8.72. The van der Waals surface area contributed by atoms with Crippen molar-refractivity contribution >= 4 is 52.2 Å². The summed E-state index contributed by atoms with van der Waals surface area (Å²) in [7, 11) is 0. The molecule has 3 amide bonds. The van der Waals surface area contributed by atoms with E-state index in [0.29, 0.717) is 21.4 Å². The molecule has 0 spiro atoms. The van der Waals surface area contributed by atoms with Crippen LogP contribution in [0.1, 0.15) is 16.1 Å². The maximum atomic E-state index is 12.9. The van der Waals surface area contributed by atoms with E-state index in [1.54, 1.807) is 23.6 Å². The highest BCUT2D eigenvalue weighted by atomic mass is 32.2. The molecule has 1 heterocycles. The standard InChI is InChI=1S/C20H17FN4O3S2/c21-12-5-7-13(8-6-12)23-18(27)11-30-20-24-14(10-29-20)9-17(26)25-16-4-2-1-3-15(16)19(22)28/h1-8,10H,9,11H2,(H2,22,28)(H,23,27)(H,25,26).